The van der Waals surface area contributed by atoms with Gasteiger partial charge in [-0.05, 0) is 43.1 Å². The molecule has 18 heavy (non-hydrogen) atoms. The van der Waals surface area contributed by atoms with E-state index in [0.29, 0.717) is 18.6 Å². The number of aliphatic hydroxyl groups is 1. The van der Waals surface area contributed by atoms with Crippen LogP contribution >= 0.6 is 0 Å². The first-order valence-corrected chi connectivity index (χ1v) is 6.04. The molecule has 1 rings (SSSR count). The zero-order valence-electron chi connectivity index (χ0n) is 10.9. The van der Waals surface area contributed by atoms with E-state index in [1.165, 1.54) is 5.56 Å². The van der Waals surface area contributed by atoms with Gasteiger partial charge in [-0.15, -0.1) is 0 Å². The number of nitrogens with one attached hydrogen (secondary N) is 1. The van der Waals surface area contributed by atoms with Gasteiger partial charge >= 0.3 is 0 Å². The van der Waals surface area contributed by atoms with E-state index >= 15 is 0 Å². The van der Waals surface area contributed by atoms with Crippen LogP contribution in [0.25, 0.3) is 0 Å². The summed E-state index contributed by atoms with van der Waals surface area (Å²) in [7, 11) is 1.58. The number of hydrogen-bond acceptors (Lipinski definition) is 4. The molecular formula is C14H20N2O2. The molecule has 4 heteroatoms. The Kier molecular flexibility index (Phi) is 6.37. The SMILES string of the molecule is COCC(O)CCNCc1ccc(C#N)cc1C. The number of ether oxygens (including phenoxy) is 1. The summed E-state index contributed by atoms with van der Waals surface area (Å²) in [6.07, 6.45) is 0.257. The van der Waals surface area contributed by atoms with Gasteiger partial charge in [-0.2, -0.15) is 5.26 Å². The number of hydrogen-bond donors (Lipinski definition) is 2. The minimum absolute atomic E-state index is 0.373. The predicted octanol–water partition coefficient (Wildman–Crippen LogP) is 1.35. The van der Waals surface area contributed by atoms with Crippen LogP contribution in [0.4, 0.5) is 0 Å². The molecule has 0 aliphatic carbocycles. The van der Waals surface area contributed by atoms with E-state index in [-0.39, 0.29) is 0 Å². The number of aryl methyl sites for hydroxylation is 1. The molecule has 0 saturated heterocycles. The molecule has 0 aliphatic rings. The summed E-state index contributed by atoms with van der Waals surface area (Å²) in [6, 6.07) is 7.80. The van der Waals surface area contributed by atoms with Crippen LogP contribution in [0.3, 0.4) is 0 Å². The molecule has 0 radical (unpaired) electrons. The largest absolute Gasteiger partial charge is 0.391 e. The number of rotatable bonds is 7. The van der Waals surface area contributed by atoms with Crippen LogP contribution in [0, 0.1) is 18.3 Å². The molecule has 0 amide bonds. The second kappa shape index (κ2) is 7.83. The van der Waals surface area contributed by atoms with Crippen molar-refractivity contribution in [2.45, 2.75) is 26.0 Å². The lowest BCUT2D eigenvalue weighted by molar-refractivity contribution is 0.0594. The third kappa shape index (κ3) is 4.84. The molecule has 0 spiro atoms. The summed E-state index contributed by atoms with van der Waals surface area (Å²) in [6.45, 7) is 3.86. The fraction of sp³-hybridized carbons (Fsp3) is 0.500. The van der Waals surface area contributed by atoms with E-state index in [9.17, 15) is 5.11 Å². The van der Waals surface area contributed by atoms with Crippen LogP contribution in [0.1, 0.15) is 23.1 Å². The van der Waals surface area contributed by atoms with Crippen molar-refractivity contribution >= 4 is 0 Å². The first-order chi connectivity index (χ1) is 8.67. The van der Waals surface area contributed by atoms with Crippen molar-refractivity contribution in [3.8, 4) is 6.07 Å². The highest BCUT2D eigenvalue weighted by molar-refractivity contribution is 5.37. The highest BCUT2D eigenvalue weighted by Gasteiger charge is 2.03. The quantitative estimate of drug-likeness (QED) is 0.715. The fourth-order valence-electron chi connectivity index (χ4n) is 1.73. The lowest BCUT2D eigenvalue weighted by atomic mass is 10.1. The minimum atomic E-state index is -0.412. The normalized spacial score (nSPS) is 12.1. The van der Waals surface area contributed by atoms with Gasteiger partial charge in [0.25, 0.3) is 0 Å². The predicted molar refractivity (Wildman–Crippen MR) is 70.1 cm³/mol. The Labute approximate surface area is 108 Å². The third-order valence-electron chi connectivity index (χ3n) is 2.80. The number of benzene rings is 1. The molecule has 98 valence electrons. The second-order valence-electron chi connectivity index (χ2n) is 4.33. The zero-order chi connectivity index (χ0) is 13.4. The maximum absolute atomic E-state index is 9.47. The van der Waals surface area contributed by atoms with Gasteiger partial charge in [-0.25, -0.2) is 0 Å². The van der Waals surface area contributed by atoms with Crippen molar-refractivity contribution in [2.75, 3.05) is 20.3 Å². The molecule has 1 atom stereocenters. The summed E-state index contributed by atoms with van der Waals surface area (Å²) < 4.78 is 4.86. The summed E-state index contributed by atoms with van der Waals surface area (Å²) in [5, 5.41) is 21.5. The van der Waals surface area contributed by atoms with E-state index in [2.05, 4.69) is 11.4 Å². The number of nitrogens with zero attached hydrogens (tertiary/aromatic N) is 1. The maximum atomic E-state index is 9.47. The van der Waals surface area contributed by atoms with E-state index in [0.717, 1.165) is 18.7 Å². The van der Waals surface area contributed by atoms with Gasteiger partial charge in [-0.3, -0.25) is 0 Å². The maximum Gasteiger partial charge on any atom is 0.0991 e. The Morgan fingerprint density at radius 1 is 1.50 bits per heavy atom. The van der Waals surface area contributed by atoms with E-state index < -0.39 is 6.10 Å². The topological polar surface area (TPSA) is 65.3 Å². The fourth-order valence-corrected chi connectivity index (χ4v) is 1.73. The Morgan fingerprint density at radius 2 is 2.28 bits per heavy atom. The molecule has 0 aromatic heterocycles. The van der Waals surface area contributed by atoms with Gasteiger partial charge < -0.3 is 15.2 Å². The minimum Gasteiger partial charge on any atom is -0.391 e. The summed E-state index contributed by atoms with van der Waals surface area (Å²) in [5.74, 6) is 0. The number of nitriles is 1. The first-order valence-electron chi connectivity index (χ1n) is 6.04. The number of aliphatic hydroxyl groups excluding tert-OH is 1. The first kappa shape index (κ1) is 14.7. The van der Waals surface area contributed by atoms with Crippen LogP contribution in [0.2, 0.25) is 0 Å². The smallest absolute Gasteiger partial charge is 0.0991 e. The molecule has 0 saturated carbocycles. The standard InChI is InChI=1S/C14H20N2O2/c1-11-7-12(8-15)3-4-13(11)9-16-6-5-14(17)10-18-2/h3-4,7,14,16-17H,5-6,9-10H2,1-2H3. The zero-order valence-corrected chi connectivity index (χ0v) is 10.9. The van der Waals surface area contributed by atoms with Crippen molar-refractivity contribution in [3.63, 3.8) is 0 Å². The van der Waals surface area contributed by atoms with Crippen molar-refractivity contribution in [2.24, 2.45) is 0 Å². The highest BCUT2D eigenvalue weighted by Crippen LogP contribution is 2.10. The molecule has 2 N–H and O–H groups in total. The Morgan fingerprint density at radius 3 is 2.89 bits per heavy atom. The summed E-state index contributed by atoms with van der Waals surface area (Å²) >= 11 is 0. The van der Waals surface area contributed by atoms with Crippen LogP contribution in [0.15, 0.2) is 18.2 Å². The average Bonchev–Trinajstić information content (AvgIpc) is 2.36. The molecule has 1 unspecified atom stereocenters. The summed E-state index contributed by atoms with van der Waals surface area (Å²) in [5.41, 5.74) is 2.97. The molecule has 0 aliphatic heterocycles. The van der Waals surface area contributed by atoms with Gasteiger partial charge in [-0.1, -0.05) is 6.07 Å². The molecule has 4 nitrogen and oxygen atoms in total. The van der Waals surface area contributed by atoms with Gasteiger partial charge in [0.15, 0.2) is 0 Å². The molecule has 1 aromatic rings. The highest BCUT2D eigenvalue weighted by atomic mass is 16.5. The lowest BCUT2D eigenvalue weighted by Crippen LogP contribution is -2.23. The van der Waals surface area contributed by atoms with Crippen molar-refractivity contribution in [1.82, 2.24) is 5.32 Å². The van der Waals surface area contributed by atoms with Gasteiger partial charge in [0, 0.05) is 13.7 Å². The Balaban J connectivity index is 2.34. The van der Waals surface area contributed by atoms with Gasteiger partial charge in [0.2, 0.25) is 0 Å². The number of methoxy groups -OCH3 is 1. The van der Waals surface area contributed by atoms with Gasteiger partial charge in [0.05, 0.1) is 24.3 Å². The van der Waals surface area contributed by atoms with Crippen molar-refractivity contribution < 1.29 is 9.84 Å². The van der Waals surface area contributed by atoms with Gasteiger partial charge in [0.1, 0.15) is 0 Å². The summed E-state index contributed by atoms with van der Waals surface area (Å²) in [4.78, 5) is 0. The third-order valence-corrected chi connectivity index (χ3v) is 2.80. The van der Waals surface area contributed by atoms with Crippen molar-refractivity contribution in [1.29, 1.82) is 5.26 Å². The van der Waals surface area contributed by atoms with Crippen LogP contribution in [-0.4, -0.2) is 31.5 Å². The molecule has 1 aromatic carbocycles. The second-order valence-corrected chi connectivity index (χ2v) is 4.33. The van der Waals surface area contributed by atoms with Crippen LogP contribution < -0.4 is 5.32 Å². The molecular weight excluding hydrogens is 228 g/mol. The van der Waals surface area contributed by atoms with Crippen molar-refractivity contribution in [3.05, 3.63) is 34.9 Å². The average molecular weight is 248 g/mol. The van der Waals surface area contributed by atoms with E-state index in [4.69, 9.17) is 10.00 Å². The van der Waals surface area contributed by atoms with Crippen LogP contribution in [-0.2, 0) is 11.3 Å². The Hall–Kier alpha value is -1.41. The van der Waals surface area contributed by atoms with E-state index in [1.54, 1.807) is 7.11 Å². The van der Waals surface area contributed by atoms with Crippen LogP contribution in [0.5, 0.6) is 0 Å². The monoisotopic (exact) mass is 248 g/mol. The Bertz CT molecular complexity index is 413. The molecule has 0 fully saturated rings. The molecule has 0 heterocycles. The van der Waals surface area contributed by atoms with E-state index in [1.807, 2.05) is 25.1 Å². The molecule has 0 bridgehead atoms. The lowest BCUT2D eigenvalue weighted by Gasteiger charge is -2.11.